The van der Waals surface area contributed by atoms with E-state index in [1.165, 1.54) is 0 Å². The number of piperidine rings is 1. The zero-order valence-electron chi connectivity index (χ0n) is 12.6. The van der Waals surface area contributed by atoms with Gasteiger partial charge in [-0.15, -0.1) is 0 Å². The monoisotopic (exact) mass is 311 g/mol. The van der Waals surface area contributed by atoms with Crippen molar-refractivity contribution in [1.29, 1.82) is 0 Å². The van der Waals surface area contributed by atoms with Gasteiger partial charge in [0.05, 0.1) is 23.8 Å². The van der Waals surface area contributed by atoms with E-state index in [-0.39, 0.29) is 11.7 Å². The molecule has 0 saturated carbocycles. The molecule has 2 rings (SSSR count). The van der Waals surface area contributed by atoms with Crippen molar-refractivity contribution in [2.75, 3.05) is 26.3 Å². The second-order valence-corrected chi connectivity index (χ2v) is 5.44. The van der Waals surface area contributed by atoms with E-state index >= 15 is 0 Å². The van der Waals surface area contributed by atoms with Gasteiger partial charge in [-0.2, -0.15) is 0 Å². The van der Waals surface area contributed by atoms with Gasteiger partial charge in [0.25, 0.3) is 0 Å². The summed E-state index contributed by atoms with van der Waals surface area (Å²) in [6.45, 7) is 6.55. The summed E-state index contributed by atoms with van der Waals surface area (Å²) in [5.74, 6) is 1.26. The lowest BCUT2D eigenvalue weighted by molar-refractivity contribution is 0.0890. The molecule has 1 fully saturated rings. The van der Waals surface area contributed by atoms with E-state index in [1.807, 2.05) is 13.8 Å². The van der Waals surface area contributed by atoms with E-state index in [9.17, 15) is 4.79 Å². The van der Waals surface area contributed by atoms with Gasteiger partial charge in [0.15, 0.2) is 5.78 Å². The fourth-order valence-electron chi connectivity index (χ4n) is 2.57. The third kappa shape index (κ3) is 3.89. The van der Waals surface area contributed by atoms with Crippen molar-refractivity contribution in [3.05, 3.63) is 22.7 Å². The highest BCUT2D eigenvalue weighted by Crippen LogP contribution is 2.35. The Balaban J connectivity index is 2.33. The number of hydrogen-bond donors (Lipinski definition) is 1. The van der Waals surface area contributed by atoms with Crippen LogP contribution in [0.25, 0.3) is 0 Å². The molecule has 1 saturated heterocycles. The van der Waals surface area contributed by atoms with Crippen molar-refractivity contribution in [1.82, 2.24) is 5.32 Å². The number of Topliss-reactive ketones (excluding diaryl/α,β-unsaturated/α-hetero) is 1. The van der Waals surface area contributed by atoms with Crippen molar-refractivity contribution in [3.8, 4) is 11.5 Å². The van der Waals surface area contributed by atoms with Gasteiger partial charge in [-0.1, -0.05) is 11.6 Å². The normalized spacial score (nSPS) is 15.8. The summed E-state index contributed by atoms with van der Waals surface area (Å²) in [6.07, 6.45) is 1.72. The molecule has 0 bridgehead atoms. The molecule has 116 valence electrons. The molecule has 0 unspecified atom stereocenters. The van der Waals surface area contributed by atoms with Crippen LogP contribution in [0.2, 0.25) is 5.02 Å². The largest absolute Gasteiger partial charge is 0.493 e. The topological polar surface area (TPSA) is 47.6 Å². The minimum atomic E-state index is 0.0427. The molecule has 0 spiro atoms. The van der Waals surface area contributed by atoms with E-state index in [0.29, 0.717) is 35.3 Å². The van der Waals surface area contributed by atoms with Crippen LogP contribution in [0.5, 0.6) is 11.5 Å². The van der Waals surface area contributed by atoms with E-state index in [2.05, 4.69) is 5.32 Å². The molecule has 5 heteroatoms. The first-order valence-corrected chi connectivity index (χ1v) is 7.89. The number of ketones is 1. The molecule has 1 heterocycles. The highest BCUT2D eigenvalue weighted by molar-refractivity contribution is 6.32. The first kappa shape index (κ1) is 16.1. The minimum absolute atomic E-state index is 0.0427. The van der Waals surface area contributed by atoms with E-state index in [4.69, 9.17) is 21.1 Å². The Kier molecular flexibility index (Phi) is 5.88. The molecular weight excluding hydrogens is 290 g/mol. The van der Waals surface area contributed by atoms with Gasteiger partial charge in [-0.3, -0.25) is 4.79 Å². The molecular formula is C16H22ClNO3. The maximum absolute atomic E-state index is 12.8. The van der Waals surface area contributed by atoms with Crippen LogP contribution in [-0.2, 0) is 0 Å². The molecule has 1 aromatic carbocycles. The van der Waals surface area contributed by atoms with Crippen LogP contribution in [0, 0.1) is 5.92 Å². The Morgan fingerprint density at radius 1 is 1.19 bits per heavy atom. The third-order valence-corrected chi connectivity index (χ3v) is 3.90. The summed E-state index contributed by atoms with van der Waals surface area (Å²) >= 11 is 6.18. The molecule has 1 aromatic rings. The fourth-order valence-corrected chi connectivity index (χ4v) is 2.78. The van der Waals surface area contributed by atoms with Crippen molar-refractivity contribution < 1.29 is 14.3 Å². The van der Waals surface area contributed by atoms with Crippen LogP contribution in [0.4, 0.5) is 0 Å². The van der Waals surface area contributed by atoms with Crippen LogP contribution in [-0.4, -0.2) is 32.1 Å². The second-order valence-electron chi connectivity index (χ2n) is 5.03. The van der Waals surface area contributed by atoms with Gasteiger partial charge in [0.1, 0.15) is 11.5 Å². The molecule has 21 heavy (non-hydrogen) atoms. The highest BCUT2D eigenvalue weighted by Gasteiger charge is 2.26. The SMILES string of the molecule is CCOc1cc(C(=O)C2CCNCC2)c(OCC)cc1Cl. The van der Waals surface area contributed by atoms with E-state index in [1.54, 1.807) is 12.1 Å². The van der Waals surface area contributed by atoms with Gasteiger partial charge < -0.3 is 14.8 Å². The Bertz CT molecular complexity index is 499. The first-order valence-electron chi connectivity index (χ1n) is 7.51. The molecule has 0 aliphatic carbocycles. The molecule has 0 aromatic heterocycles. The predicted molar refractivity (Wildman–Crippen MR) is 83.7 cm³/mol. The Labute approximate surface area is 130 Å². The predicted octanol–water partition coefficient (Wildman–Crippen LogP) is 3.32. The van der Waals surface area contributed by atoms with Crippen molar-refractivity contribution in [2.24, 2.45) is 5.92 Å². The number of benzene rings is 1. The molecule has 0 radical (unpaired) electrons. The number of ether oxygens (including phenoxy) is 2. The molecule has 1 N–H and O–H groups in total. The van der Waals surface area contributed by atoms with Gasteiger partial charge in [0.2, 0.25) is 0 Å². The maximum atomic E-state index is 12.8. The third-order valence-electron chi connectivity index (χ3n) is 3.61. The summed E-state index contributed by atoms with van der Waals surface area (Å²) in [6, 6.07) is 3.41. The fraction of sp³-hybridized carbons (Fsp3) is 0.562. The smallest absolute Gasteiger partial charge is 0.169 e. The van der Waals surface area contributed by atoms with Crippen LogP contribution in [0.3, 0.4) is 0 Å². The zero-order chi connectivity index (χ0) is 15.2. The first-order chi connectivity index (χ1) is 10.2. The summed E-state index contributed by atoms with van der Waals surface area (Å²) in [5, 5.41) is 3.75. The second kappa shape index (κ2) is 7.66. The molecule has 1 aliphatic heterocycles. The number of nitrogens with one attached hydrogen (secondary N) is 1. The quantitative estimate of drug-likeness (QED) is 0.819. The number of halogens is 1. The summed E-state index contributed by atoms with van der Waals surface area (Å²) in [7, 11) is 0. The lowest BCUT2D eigenvalue weighted by Crippen LogP contribution is -2.32. The van der Waals surface area contributed by atoms with E-state index in [0.717, 1.165) is 25.9 Å². The molecule has 0 amide bonds. The number of carbonyl (C=O) groups excluding carboxylic acids is 1. The van der Waals surface area contributed by atoms with Crippen LogP contribution < -0.4 is 14.8 Å². The summed E-state index contributed by atoms with van der Waals surface area (Å²) in [4.78, 5) is 12.8. The Morgan fingerprint density at radius 2 is 1.81 bits per heavy atom. The Hall–Kier alpha value is -1.26. The number of hydrogen-bond acceptors (Lipinski definition) is 4. The summed E-state index contributed by atoms with van der Waals surface area (Å²) in [5.41, 5.74) is 0.580. The molecule has 1 aliphatic rings. The molecule has 4 nitrogen and oxygen atoms in total. The van der Waals surface area contributed by atoms with Crippen LogP contribution in [0.15, 0.2) is 12.1 Å². The van der Waals surface area contributed by atoms with Gasteiger partial charge >= 0.3 is 0 Å². The van der Waals surface area contributed by atoms with Crippen LogP contribution >= 0.6 is 11.6 Å². The average Bonchev–Trinajstić information content (AvgIpc) is 2.50. The maximum Gasteiger partial charge on any atom is 0.169 e. The van der Waals surface area contributed by atoms with E-state index < -0.39 is 0 Å². The van der Waals surface area contributed by atoms with Crippen molar-refractivity contribution >= 4 is 17.4 Å². The lowest BCUT2D eigenvalue weighted by atomic mass is 9.89. The standard InChI is InChI=1S/C16H22ClNO3/c1-3-20-14-10-13(17)15(21-4-2)9-12(14)16(19)11-5-7-18-8-6-11/h9-11,18H,3-8H2,1-2H3. The molecule has 0 atom stereocenters. The minimum Gasteiger partial charge on any atom is -0.493 e. The summed E-state index contributed by atoms with van der Waals surface area (Å²) < 4.78 is 11.1. The average molecular weight is 312 g/mol. The van der Waals surface area contributed by atoms with Crippen LogP contribution in [0.1, 0.15) is 37.0 Å². The van der Waals surface area contributed by atoms with Gasteiger partial charge in [0, 0.05) is 12.0 Å². The zero-order valence-corrected chi connectivity index (χ0v) is 13.3. The van der Waals surface area contributed by atoms with Gasteiger partial charge in [-0.25, -0.2) is 0 Å². The van der Waals surface area contributed by atoms with Crippen molar-refractivity contribution in [2.45, 2.75) is 26.7 Å². The Morgan fingerprint density at radius 3 is 2.43 bits per heavy atom. The number of carbonyl (C=O) groups is 1. The van der Waals surface area contributed by atoms with Crippen molar-refractivity contribution in [3.63, 3.8) is 0 Å². The lowest BCUT2D eigenvalue weighted by Gasteiger charge is -2.23. The number of rotatable bonds is 6. The highest BCUT2D eigenvalue weighted by atomic mass is 35.5. The van der Waals surface area contributed by atoms with Gasteiger partial charge in [-0.05, 0) is 45.8 Å².